The van der Waals surface area contributed by atoms with E-state index in [0.717, 1.165) is 25.5 Å². The molecule has 0 spiro atoms. The number of rotatable bonds is 9. The Morgan fingerprint density at radius 2 is 1.89 bits per heavy atom. The molecular formula is C12H20F2N4O. The van der Waals surface area contributed by atoms with Gasteiger partial charge in [0.05, 0.1) is 0 Å². The number of halogens is 2. The van der Waals surface area contributed by atoms with Gasteiger partial charge in [0.2, 0.25) is 0 Å². The van der Waals surface area contributed by atoms with Gasteiger partial charge < -0.3 is 15.5 Å². The molecule has 0 saturated carbocycles. The molecule has 4 N–H and O–H groups in total. The summed E-state index contributed by atoms with van der Waals surface area (Å²) in [7, 11) is 0. The lowest BCUT2D eigenvalue weighted by Crippen LogP contribution is -2.14. The number of aromatic nitrogens is 1. The third-order valence-electron chi connectivity index (χ3n) is 2.47. The fraction of sp³-hybridized carbons (Fsp3) is 0.583. The molecule has 1 rings (SSSR count). The number of pyridine rings is 1. The van der Waals surface area contributed by atoms with Crippen LogP contribution in [0.25, 0.3) is 0 Å². The minimum atomic E-state index is -0.826. The third-order valence-corrected chi connectivity index (χ3v) is 2.47. The SMILES string of the molecule is CCCCOCCCNc1nc(NN)c(F)cc1F. The number of nitrogens with two attached hydrogens (primary N) is 1. The molecule has 108 valence electrons. The molecule has 19 heavy (non-hydrogen) atoms. The zero-order valence-corrected chi connectivity index (χ0v) is 11.0. The zero-order chi connectivity index (χ0) is 14.1. The first-order valence-electron chi connectivity index (χ1n) is 6.33. The summed E-state index contributed by atoms with van der Waals surface area (Å²) in [6, 6.07) is 0.738. The van der Waals surface area contributed by atoms with Crippen molar-refractivity contribution in [2.45, 2.75) is 26.2 Å². The van der Waals surface area contributed by atoms with Crippen molar-refractivity contribution < 1.29 is 13.5 Å². The van der Waals surface area contributed by atoms with Gasteiger partial charge in [-0.25, -0.2) is 19.6 Å². The number of unbranched alkanes of at least 4 members (excludes halogenated alkanes) is 1. The van der Waals surface area contributed by atoms with Gasteiger partial charge in [0.1, 0.15) is 0 Å². The van der Waals surface area contributed by atoms with Crippen molar-refractivity contribution in [2.24, 2.45) is 5.84 Å². The van der Waals surface area contributed by atoms with Gasteiger partial charge in [-0.05, 0) is 12.8 Å². The largest absolute Gasteiger partial charge is 0.381 e. The monoisotopic (exact) mass is 274 g/mol. The van der Waals surface area contributed by atoms with E-state index in [-0.39, 0.29) is 11.6 Å². The smallest absolute Gasteiger partial charge is 0.178 e. The summed E-state index contributed by atoms with van der Waals surface area (Å²) in [4.78, 5) is 3.70. The van der Waals surface area contributed by atoms with E-state index in [2.05, 4.69) is 22.7 Å². The van der Waals surface area contributed by atoms with Crippen LogP contribution in [0.3, 0.4) is 0 Å². The zero-order valence-electron chi connectivity index (χ0n) is 11.0. The molecule has 0 aliphatic heterocycles. The number of hydrogen-bond donors (Lipinski definition) is 3. The standard InChI is InChI=1S/C12H20F2N4O/c1-2-3-6-19-7-4-5-16-11-9(13)8-10(14)12(17-11)18-15/h8H,2-7,15H2,1H3,(H2,16,17,18). The normalized spacial score (nSPS) is 10.5. The maximum absolute atomic E-state index is 13.4. The highest BCUT2D eigenvalue weighted by Gasteiger charge is 2.10. The first-order valence-corrected chi connectivity index (χ1v) is 6.33. The lowest BCUT2D eigenvalue weighted by Gasteiger charge is -2.09. The molecular weight excluding hydrogens is 254 g/mol. The summed E-state index contributed by atoms with van der Waals surface area (Å²) < 4.78 is 31.8. The number of nitrogens with zero attached hydrogens (tertiary/aromatic N) is 1. The molecule has 1 aromatic rings. The summed E-state index contributed by atoms with van der Waals surface area (Å²) in [5, 5.41) is 2.78. The second-order valence-electron chi connectivity index (χ2n) is 4.04. The van der Waals surface area contributed by atoms with Gasteiger partial charge in [-0.2, -0.15) is 0 Å². The first kappa shape index (κ1) is 15.6. The Morgan fingerprint density at radius 1 is 1.21 bits per heavy atom. The second kappa shape index (κ2) is 8.60. The Labute approximate surface area is 111 Å². The van der Waals surface area contributed by atoms with Gasteiger partial charge >= 0.3 is 0 Å². The van der Waals surface area contributed by atoms with Crippen LogP contribution >= 0.6 is 0 Å². The summed E-state index contributed by atoms with van der Waals surface area (Å²) in [6.07, 6.45) is 2.85. The maximum atomic E-state index is 13.4. The Hall–Kier alpha value is -1.47. The molecule has 0 aliphatic rings. The highest BCUT2D eigenvalue weighted by atomic mass is 19.1. The molecule has 0 radical (unpaired) electrons. The average molecular weight is 274 g/mol. The molecule has 0 atom stereocenters. The average Bonchev–Trinajstić information content (AvgIpc) is 2.40. The molecule has 0 fully saturated rings. The van der Waals surface area contributed by atoms with Crippen LogP contribution in [-0.2, 0) is 4.74 Å². The van der Waals surface area contributed by atoms with Gasteiger partial charge in [0, 0.05) is 25.8 Å². The van der Waals surface area contributed by atoms with Crippen LogP contribution in [0.2, 0.25) is 0 Å². The van der Waals surface area contributed by atoms with E-state index >= 15 is 0 Å². The molecule has 1 aromatic heterocycles. The predicted molar refractivity (Wildman–Crippen MR) is 70.8 cm³/mol. The minimum Gasteiger partial charge on any atom is -0.381 e. The van der Waals surface area contributed by atoms with E-state index < -0.39 is 11.6 Å². The molecule has 0 amide bonds. The molecule has 5 nitrogen and oxygen atoms in total. The topological polar surface area (TPSA) is 72.2 Å². The number of nitrogen functional groups attached to an aromatic ring is 1. The van der Waals surface area contributed by atoms with Gasteiger partial charge in [-0.1, -0.05) is 13.3 Å². The van der Waals surface area contributed by atoms with Crippen LogP contribution in [0.4, 0.5) is 20.4 Å². The molecule has 0 aromatic carbocycles. The summed E-state index contributed by atoms with van der Waals surface area (Å²) in [5.41, 5.74) is 2.07. The van der Waals surface area contributed by atoms with Gasteiger partial charge in [0.25, 0.3) is 0 Å². The Morgan fingerprint density at radius 3 is 2.58 bits per heavy atom. The number of nitrogens with one attached hydrogen (secondary N) is 2. The summed E-state index contributed by atoms with van der Waals surface area (Å²) in [6.45, 7) is 3.92. The van der Waals surface area contributed by atoms with Gasteiger partial charge in [-0.3, -0.25) is 0 Å². The molecule has 1 heterocycles. The first-order chi connectivity index (χ1) is 9.19. The molecule has 0 unspecified atom stereocenters. The summed E-state index contributed by atoms with van der Waals surface area (Å²) in [5.74, 6) is 3.28. The van der Waals surface area contributed by atoms with E-state index in [0.29, 0.717) is 19.6 Å². The van der Waals surface area contributed by atoms with Crippen molar-refractivity contribution in [1.82, 2.24) is 4.98 Å². The lowest BCUT2D eigenvalue weighted by molar-refractivity contribution is 0.131. The highest BCUT2D eigenvalue weighted by Crippen LogP contribution is 2.17. The third kappa shape index (κ3) is 5.35. The van der Waals surface area contributed by atoms with E-state index in [1.54, 1.807) is 0 Å². The maximum Gasteiger partial charge on any atom is 0.178 e. The van der Waals surface area contributed by atoms with Crippen LogP contribution in [-0.4, -0.2) is 24.7 Å². The fourth-order valence-electron chi connectivity index (χ4n) is 1.42. The number of ether oxygens (including phenoxy) is 1. The van der Waals surface area contributed by atoms with E-state index in [1.807, 2.05) is 0 Å². The van der Waals surface area contributed by atoms with Crippen molar-refractivity contribution in [1.29, 1.82) is 0 Å². The predicted octanol–water partition coefficient (Wildman–Crippen LogP) is 2.26. The van der Waals surface area contributed by atoms with Crippen molar-refractivity contribution >= 4 is 11.6 Å². The summed E-state index contributed by atoms with van der Waals surface area (Å²) >= 11 is 0. The molecule has 0 saturated heterocycles. The van der Waals surface area contributed by atoms with Crippen molar-refractivity contribution in [2.75, 3.05) is 30.5 Å². The Bertz CT molecular complexity index is 390. The molecule has 0 bridgehead atoms. The van der Waals surface area contributed by atoms with Gasteiger partial charge in [-0.15, -0.1) is 0 Å². The Kier molecular flexibility index (Phi) is 7.06. The van der Waals surface area contributed by atoms with Crippen molar-refractivity contribution in [3.63, 3.8) is 0 Å². The second-order valence-corrected chi connectivity index (χ2v) is 4.04. The fourth-order valence-corrected chi connectivity index (χ4v) is 1.42. The quantitative estimate of drug-likeness (QED) is 0.366. The number of anilines is 2. The van der Waals surface area contributed by atoms with Gasteiger partial charge in [0.15, 0.2) is 23.3 Å². The van der Waals surface area contributed by atoms with Crippen molar-refractivity contribution in [3.8, 4) is 0 Å². The molecule has 7 heteroatoms. The van der Waals surface area contributed by atoms with E-state index in [1.165, 1.54) is 0 Å². The number of hydrazine groups is 1. The van der Waals surface area contributed by atoms with Crippen LogP contribution in [0, 0.1) is 11.6 Å². The van der Waals surface area contributed by atoms with Crippen molar-refractivity contribution in [3.05, 3.63) is 17.7 Å². The van der Waals surface area contributed by atoms with E-state index in [9.17, 15) is 8.78 Å². The van der Waals surface area contributed by atoms with E-state index in [4.69, 9.17) is 10.6 Å². The number of hydrogen-bond acceptors (Lipinski definition) is 5. The highest BCUT2D eigenvalue weighted by molar-refractivity contribution is 5.46. The van der Waals surface area contributed by atoms with Crippen LogP contribution < -0.4 is 16.6 Å². The van der Waals surface area contributed by atoms with Crippen LogP contribution in [0.15, 0.2) is 6.07 Å². The Balaban J connectivity index is 2.33. The molecule has 0 aliphatic carbocycles. The van der Waals surface area contributed by atoms with Crippen LogP contribution in [0.1, 0.15) is 26.2 Å². The lowest BCUT2D eigenvalue weighted by atomic mass is 10.3. The van der Waals surface area contributed by atoms with Crippen LogP contribution in [0.5, 0.6) is 0 Å². The minimum absolute atomic E-state index is 0.0251.